The lowest BCUT2D eigenvalue weighted by molar-refractivity contribution is -0.117. The third-order valence-corrected chi connectivity index (χ3v) is 1.87. The van der Waals surface area contributed by atoms with Crippen LogP contribution in [0.15, 0.2) is 24.5 Å². The van der Waals surface area contributed by atoms with E-state index in [1.807, 2.05) is 0 Å². The molecule has 0 aliphatic rings. The van der Waals surface area contributed by atoms with Gasteiger partial charge < -0.3 is 5.32 Å². The number of amides is 1. The molecular weight excluding hydrogens is 232 g/mol. The van der Waals surface area contributed by atoms with Gasteiger partial charge in [0.15, 0.2) is 0 Å². The number of hydrogen-bond donors (Lipinski definition) is 1. The highest BCUT2D eigenvalue weighted by molar-refractivity contribution is 5.90. The summed E-state index contributed by atoms with van der Waals surface area (Å²) in [5.41, 5.74) is -0.184. The molecule has 0 unspecified atom stereocenters. The van der Waals surface area contributed by atoms with Gasteiger partial charge in [-0.1, -0.05) is 5.21 Å². The van der Waals surface area contributed by atoms with Gasteiger partial charge >= 0.3 is 0 Å². The summed E-state index contributed by atoms with van der Waals surface area (Å²) in [6.45, 7) is -0.114. The maximum Gasteiger partial charge on any atom is 0.246 e. The maximum atomic E-state index is 13.1. The van der Waals surface area contributed by atoms with Gasteiger partial charge in [-0.2, -0.15) is 13.8 Å². The molecule has 0 radical (unpaired) electrons. The normalized spacial score (nSPS) is 10.2. The Hall–Kier alpha value is -2.38. The van der Waals surface area contributed by atoms with Gasteiger partial charge in [0.25, 0.3) is 0 Å². The quantitative estimate of drug-likeness (QED) is 0.795. The number of rotatable bonds is 3. The molecule has 17 heavy (non-hydrogen) atoms. The van der Waals surface area contributed by atoms with E-state index in [9.17, 15) is 13.6 Å². The Morgan fingerprint density at radius 2 is 2.24 bits per heavy atom. The molecule has 0 spiro atoms. The van der Waals surface area contributed by atoms with Gasteiger partial charge in [-0.3, -0.25) is 4.79 Å². The molecule has 1 amide bonds. The maximum absolute atomic E-state index is 13.1. The summed E-state index contributed by atoms with van der Waals surface area (Å²) in [7, 11) is 0. The van der Waals surface area contributed by atoms with Crippen molar-refractivity contribution in [1.29, 1.82) is 0 Å². The van der Waals surface area contributed by atoms with E-state index in [1.54, 1.807) is 0 Å². The van der Waals surface area contributed by atoms with Gasteiger partial charge in [0.05, 0.1) is 11.9 Å². The van der Waals surface area contributed by atoms with Crippen molar-refractivity contribution >= 4 is 11.6 Å². The van der Waals surface area contributed by atoms with Crippen LogP contribution in [0.5, 0.6) is 0 Å². The van der Waals surface area contributed by atoms with E-state index in [0.29, 0.717) is 0 Å². The number of hydrogen-bond acceptors (Lipinski definition) is 4. The van der Waals surface area contributed by atoms with Crippen LogP contribution in [0, 0.1) is 11.9 Å². The van der Waals surface area contributed by atoms with Crippen LogP contribution >= 0.6 is 0 Å². The fraction of sp³-hybridized carbons (Fsp3) is 0.111. The molecule has 0 aromatic carbocycles. The largest absolute Gasteiger partial charge is 0.321 e. The van der Waals surface area contributed by atoms with Crippen LogP contribution in [0.1, 0.15) is 0 Å². The predicted octanol–water partition coefficient (Wildman–Crippen LogP) is 0.590. The third-order valence-electron chi connectivity index (χ3n) is 1.87. The van der Waals surface area contributed by atoms with Gasteiger partial charge in [0.1, 0.15) is 6.54 Å². The number of nitrogens with zero attached hydrogens (tertiary/aromatic N) is 4. The van der Waals surface area contributed by atoms with Crippen molar-refractivity contribution in [2.45, 2.75) is 6.54 Å². The molecule has 2 rings (SSSR count). The van der Waals surface area contributed by atoms with Crippen LogP contribution in [-0.4, -0.2) is 25.9 Å². The van der Waals surface area contributed by atoms with Crippen molar-refractivity contribution in [3.8, 4) is 0 Å². The topological polar surface area (TPSA) is 72.7 Å². The summed E-state index contributed by atoms with van der Waals surface area (Å²) < 4.78 is 26.9. The average molecular weight is 239 g/mol. The number of aromatic nitrogens is 4. The smallest absolute Gasteiger partial charge is 0.246 e. The lowest BCUT2D eigenvalue weighted by Gasteiger charge is -2.05. The molecule has 2 aromatic rings. The van der Waals surface area contributed by atoms with Gasteiger partial charge in [-0.25, -0.2) is 4.68 Å². The minimum Gasteiger partial charge on any atom is -0.321 e. The first-order chi connectivity index (χ1) is 8.15. The Labute approximate surface area is 94.3 Å². The van der Waals surface area contributed by atoms with Crippen molar-refractivity contribution in [2.24, 2.45) is 0 Å². The zero-order valence-electron chi connectivity index (χ0n) is 8.47. The van der Waals surface area contributed by atoms with Gasteiger partial charge in [-0.15, -0.1) is 5.10 Å². The van der Waals surface area contributed by atoms with Crippen molar-refractivity contribution < 1.29 is 13.6 Å². The highest BCUT2D eigenvalue weighted by Crippen LogP contribution is 2.11. The van der Waals surface area contributed by atoms with Crippen LogP contribution < -0.4 is 5.32 Å². The summed E-state index contributed by atoms with van der Waals surface area (Å²) in [5, 5.41) is 9.32. The molecule has 6 nitrogen and oxygen atoms in total. The number of carbonyl (C=O) groups is 1. The van der Waals surface area contributed by atoms with E-state index < -0.39 is 17.8 Å². The number of halogens is 2. The number of carbonyl (C=O) groups excluding carboxylic acids is 1. The number of nitrogens with one attached hydrogen (secondary N) is 1. The first-order valence-corrected chi connectivity index (χ1v) is 4.61. The van der Waals surface area contributed by atoms with Crippen LogP contribution in [0.4, 0.5) is 14.5 Å². The summed E-state index contributed by atoms with van der Waals surface area (Å²) in [5.74, 6) is -2.53. The molecule has 8 heteroatoms. The van der Waals surface area contributed by atoms with Crippen LogP contribution in [-0.2, 0) is 11.3 Å². The summed E-state index contributed by atoms with van der Waals surface area (Å²) in [6.07, 6.45) is 2.90. The Balaban J connectivity index is 2.03. The molecule has 2 aromatic heterocycles. The average Bonchev–Trinajstić information content (AvgIpc) is 2.75. The Morgan fingerprint density at radius 1 is 1.41 bits per heavy atom. The van der Waals surface area contributed by atoms with E-state index >= 15 is 0 Å². The molecule has 0 aliphatic carbocycles. The van der Waals surface area contributed by atoms with Crippen molar-refractivity contribution in [2.75, 3.05) is 5.32 Å². The second-order valence-electron chi connectivity index (χ2n) is 3.12. The summed E-state index contributed by atoms with van der Waals surface area (Å²) in [6, 6.07) is 2.05. The molecule has 0 bridgehead atoms. The molecular formula is C9H7F2N5O. The second-order valence-corrected chi connectivity index (χ2v) is 3.12. The highest BCUT2D eigenvalue weighted by Gasteiger charge is 2.09. The second kappa shape index (κ2) is 4.64. The van der Waals surface area contributed by atoms with Gasteiger partial charge in [-0.05, 0) is 12.1 Å². The Kier molecular flexibility index (Phi) is 3.03. The molecule has 1 N–H and O–H groups in total. The first kappa shape index (κ1) is 11.1. The lowest BCUT2D eigenvalue weighted by Crippen LogP contribution is -2.20. The van der Waals surface area contributed by atoms with E-state index in [4.69, 9.17) is 0 Å². The summed E-state index contributed by atoms with van der Waals surface area (Å²) in [4.78, 5) is 14.4. The lowest BCUT2D eigenvalue weighted by atomic mass is 10.4. The van der Waals surface area contributed by atoms with Crippen LogP contribution in [0.25, 0.3) is 0 Å². The monoisotopic (exact) mass is 239 g/mol. The summed E-state index contributed by atoms with van der Waals surface area (Å²) >= 11 is 0. The molecule has 0 saturated carbocycles. The fourth-order valence-corrected chi connectivity index (χ4v) is 1.16. The molecule has 0 aliphatic heterocycles. The molecule has 0 fully saturated rings. The van der Waals surface area contributed by atoms with Crippen LogP contribution in [0.3, 0.4) is 0 Å². The van der Waals surface area contributed by atoms with Gasteiger partial charge in [0.2, 0.25) is 17.8 Å². The zero-order chi connectivity index (χ0) is 12.3. The standard InChI is InChI=1S/C9H7F2N5O/c10-7-2-1-6(9(11)14-7)13-8(17)5-16-4-3-12-15-16/h1-4H,5H2,(H,13,17). The minimum atomic E-state index is -1.07. The molecule has 0 atom stereocenters. The fourth-order valence-electron chi connectivity index (χ4n) is 1.16. The SMILES string of the molecule is O=C(Cn1ccnn1)Nc1ccc(F)nc1F. The van der Waals surface area contributed by atoms with Gasteiger partial charge in [0, 0.05) is 6.20 Å². The van der Waals surface area contributed by atoms with Crippen LogP contribution in [0.2, 0.25) is 0 Å². The van der Waals surface area contributed by atoms with E-state index in [-0.39, 0.29) is 12.2 Å². The predicted molar refractivity (Wildman–Crippen MR) is 52.8 cm³/mol. The highest BCUT2D eigenvalue weighted by atomic mass is 19.1. The Morgan fingerprint density at radius 3 is 2.88 bits per heavy atom. The first-order valence-electron chi connectivity index (χ1n) is 4.61. The third kappa shape index (κ3) is 2.80. The number of pyridine rings is 1. The van der Waals surface area contributed by atoms with E-state index in [2.05, 4.69) is 20.6 Å². The minimum absolute atomic E-state index is 0.114. The Bertz CT molecular complexity index is 528. The van der Waals surface area contributed by atoms with Crippen molar-refractivity contribution in [1.82, 2.24) is 20.0 Å². The molecule has 2 heterocycles. The molecule has 0 saturated heterocycles. The molecule has 88 valence electrons. The van der Waals surface area contributed by atoms with Crippen molar-refractivity contribution in [3.05, 3.63) is 36.4 Å². The number of anilines is 1. The zero-order valence-corrected chi connectivity index (χ0v) is 8.47. The van der Waals surface area contributed by atoms with E-state index in [0.717, 1.165) is 12.1 Å². The van der Waals surface area contributed by atoms with Crippen molar-refractivity contribution in [3.63, 3.8) is 0 Å². The van der Waals surface area contributed by atoms with E-state index in [1.165, 1.54) is 17.1 Å².